The van der Waals surface area contributed by atoms with Crippen molar-refractivity contribution in [3.63, 3.8) is 0 Å². The number of hydroxylamine groups is 3. The summed E-state index contributed by atoms with van der Waals surface area (Å²) in [7, 11) is 0. The van der Waals surface area contributed by atoms with Crippen molar-refractivity contribution in [3.8, 4) is 5.88 Å². The van der Waals surface area contributed by atoms with Gasteiger partial charge in [0, 0.05) is 91.7 Å². The number of aliphatic imine (C=N–C) groups is 1. The fraction of sp³-hybridized carbons (Fsp3) is 0.678. The molecule has 5 saturated heterocycles. The molecule has 6 N–H and O–H groups in total. The molecule has 2 aliphatic carbocycles. The molecule has 0 spiro atoms. The summed E-state index contributed by atoms with van der Waals surface area (Å²) in [6, 6.07) is 18.8. The molecule has 117 heavy (non-hydrogen) atoms. The van der Waals surface area contributed by atoms with Crippen LogP contribution in [0.4, 0.5) is 0 Å². The Balaban J connectivity index is 0.000000352. The van der Waals surface area contributed by atoms with E-state index in [1.165, 1.54) is 42.5 Å². The normalized spacial score (nSPS) is 31.9. The summed E-state index contributed by atoms with van der Waals surface area (Å²) in [5.41, 5.74) is 7.45. The second kappa shape index (κ2) is 44.1. The summed E-state index contributed by atoms with van der Waals surface area (Å²) in [5, 5.41) is 62.8. The van der Waals surface area contributed by atoms with E-state index in [1.54, 1.807) is 6.21 Å². The van der Waals surface area contributed by atoms with E-state index in [0.717, 1.165) is 110 Å². The Labute approximate surface area is 741 Å². The first kappa shape index (κ1) is 107. The molecule has 0 amide bonds. The summed E-state index contributed by atoms with van der Waals surface area (Å²) >= 11 is 6.73. The number of ether oxygens (including phenoxy) is 8. The van der Waals surface area contributed by atoms with Gasteiger partial charge in [-0.15, -0.1) is 0 Å². The standard InChI is InChI=1S/C18H27NO2.C17H26N2O3.C12H17NO5.C10H17NO3.C10H17NO2.2C7H8BrN.2C4H9.CH4.2Li/c1-7-13-10-15(14-9-8-11(2)19-12(14)3)18(6)16(13)20-17(4,5)21-18;1-7-13-15-17(6,22-16(4,5)21-15)14(19(13)20)12-9-8-10(2)18-11(12)3;1-12(18)8(4-6(5-14)10(12)16)7-2-3-9(15)13-11(7)17;1-5-7-8-10(4,6-11(7)12)14-9(2,3)13-8;1-5-7-8-10(4,6-11-7)13-9(2,3)12-8;2*1-5-3-4-7(8)6(2)9-5;2*1-3-4-2;;;/h8-9,13,15-16H,7,10H2,1-6H3;8-9,13-15,20H,7H2,1-6H3;2-3,6,8,10,14,16,18H,4-5H2,1H3,(H2,13,15,17);6-8H,5H2,1-4H3;6-8H,5H2,1-4H3;2*3-4H,1-2H3;2*1,3-4H2,2H3;1H4;;/q;;;;;;;2*-1;;2*+1/t13-,15-,16+,18-;13-,14+,15-,17+;6-,8+,10-,12+;2*7-,8-,10+;;;;;;;/m01111......./s1. The number of aryl methyl sites for hydroxylation is 8. The number of aromatic nitrogens is 5. The van der Waals surface area contributed by atoms with Crippen LogP contribution in [0.15, 0.2) is 79.4 Å². The minimum absolute atomic E-state index is 0. The number of unbranched alkanes of at least 4 members (excludes halogenated alkanes) is 2. The smallest absolute Gasteiger partial charge is 0.624 e. The van der Waals surface area contributed by atoms with Crippen LogP contribution in [0, 0.1) is 86.3 Å². The van der Waals surface area contributed by atoms with E-state index < -0.39 is 63.5 Å². The van der Waals surface area contributed by atoms with Gasteiger partial charge in [-0.3, -0.25) is 34.7 Å². The van der Waals surface area contributed by atoms with Gasteiger partial charge in [0.25, 0.3) is 5.56 Å². The molecule has 0 radical (unpaired) electrons. The van der Waals surface area contributed by atoms with E-state index in [4.69, 9.17) is 43.0 Å². The van der Waals surface area contributed by atoms with Gasteiger partial charge in [0.1, 0.15) is 29.0 Å². The number of pyridine rings is 5. The number of aromatic amines is 1. The van der Waals surface area contributed by atoms with Crippen molar-refractivity contribution in [1.29, 1.82) is 0 Å². The van der Waals surface area contributed by atoms with Gasteiger partial charge in [0.15, 0.2) is 53.0 Å². The molecule has 5 aromatic heterocycles. The zero-order valence-electron chi connectivity index (χ0n) is 75.3. The molecule has 12 heterocycles. The molecule has 2 saturated carbocycles. The van der Waals surface area contributed by atoms with Gasteiger partial charge >= 0.3 is 37.7 Å². The molecule has 14 rings (SSSR count). The van der Waals surface area contributed by atoms with Crippen molar-refractivity contribution in [2.45, 2.75) is 376 Å². The maximum Gasteiger partial charge on any atom is 1.00 e. The van der Waals surface area contributed by atoms with Crippen molar-refractivity contribution >= 4 is 44.3 Å². The first-order valence-corrected chi connectivity index (χ1v) is 42.4. The number of nitrogens with zero attached hydrogens (tertiary/aromatic N) is 7. The number of hydrogen-bond acceptors (Lipinski definition) is 21. The molecule has 648 valence electrons. The monoisotopic (exact) mass is 1750 g/mol. The van der Waals surface area contributed by atoms with Crippen LogP contribution in [0.2, 0.25) is 0 Å². The quantitative estimate of drug-likeness (QED) is 0.0328. The molecule has 27 heteroatoms. The van der Waals surface area contributed by atoms with Gasteiger partial charge in [0.2, 0.25) is 0 Å². The van der Waals surface area contributed by atoms with Gasteiger partial charge in [-0.25, -0.2) is 4.74 Å². The Hall–Kier alpha value is -3.88. The molecule has 18 atom stereocenters. The third-order valence-corrected chi connectivity index (χ3v) is 24.4. The van der Waals surface area contributed by atoms with E-state index in [-0.39, 0.29) is 117 Å². The van der Waals surface area contributed by atoms with E-state index in [1.807, 2.05) is 174 Å². The number of aromatic hydroxyl groups is 1. The van der Waals surface area contributed by atoms with Crippen LogP contribution >= 0.6 is 31.9 Å². The Morgan fingerprint density at radius 1 is 0.547 bits per heavy atom. The molecular formula is C90H142Br2Li2N8O15. The molecular weight excluding hydrogens is 1610 g/mol. The second-order valence-electron chi connectivity index (χ2n) is 34.4. The minimum Gasteiger partial charge on any atom is -0.624 e. The first-order chi connectivity index (χ1) is 52.9. The number of halogens is 2. The Morgan fingerprint density at radius 2 is 0.966 bits per heavy atom. The van der Waals surface area contributed by atoms with Crippen LogP contribution in [0.1, 0.15) is 283 Å². The fourth-order valence-electron chi connectivity index (χ4n) is 17.3. The first-order valence-electron chi connectivity index (χ1n) is 40.9. The van der Waals surface area contributed by atoms with Gasteiger partial charge in [0.05, 0.1) is 47.3 Å². The van der Waals surface area contributed by atoms with E-state index in [0.29, 0.717) is 23.8 Å². The second-order valence-corrected chi connectivity index (χ2v) is 36.1. The molecule has 9 aliphatic rings. The van der Waals surface area contributed by atoms with Gasteiger partial charge in [-0.2, -0.15) is 17.9 Å². The van der Waals surface area contributed by atoms with Gasteiger partial charge < -0.3 is 82.6 Å². The largest absolute Gasteiger partial charge is 1.00 e. The molecule has 0 bridgehead atoms. The SMILES string of the molecule is C.CC[C@@H]1[C@H]2OC(C)(C)O[C@@]2(C)C=[N+]1[O-].CC[C@@H]1[C@H]2OC(C)(C)O[C@@]2(C)[C@H](c2ccc(C)nc2C)N1O.CC[C@H]1C[C@@H](c2ccc(C)nc2C)[C@]2(C)OC(C)(C)O[C@H]12.CC[C@H]1N=C[C@]2(C)OC(C)(C)O[C@H]12.C[C@@]1(O)[C@H](O)[C@@H](CO)C[C@H]1c1ccc(=O)[nH]c1O.Cc1ccc(Br)c(C)n1.Cc1ccc(Br)c(C)n1.[CH2-]CCC.[CH2-]CCC.[Li+].[Li+]. The topological polar surface area (TPSA) is 301 Å². The molecule has 0 aromatic carbocycles. The average Bonchev–Trinajstić information content (AvgIpc) is 1.56. The molecule has 7 aliphatic heterocycles. The summed E-state index contributed by atoms with van der Waals surface area (Å²) in [4.78, 5) is 35.3. The van der Waals surface area contributed by atoms with E-state index in [2.05, 4.69) is 136 Å². The average molecular weight is 1750 g/mol. The van der Waals surface area contributed by atoms with Crippen LogP contribution in [0.25, 0.3) is 0 Å². The predicted octanol–water partition coefficient (Wildman–Crippen LogP) is 12.4. The van der Waals surface area contributed by atoms with Crippen molar-refractivity contribution in [1.82, 2.24) is 30.0 Å². The number of aliphatic hydroxyl groups is 3. The summed E-state index contributed by atoms with van der Waals surface area (Å²) < 4.78 is 51.3. The molecule has 0 unspecified atom stereocenters. The zero-order valence-corrected chi connectivity index (χ0v) is 78.5. The Morgan fingerprint density at radius 3 is 1.38 bits per heavy atom. The van der Waals surface area contributed by atoms with Crippen molar-refractivity contribution in [2.75, 3.05) is 6.61 Å². The molecule has 23 nitrogen and oxygen atoms in total. The minimum atomic E-state index is -1.46. The fourth-order valence-corrected chi connectivity index (χ4v) is 17.8. The van der Waals surface area contributed by atoms with Crippen LogP contribution in [-0.2, 0) is 37.9 Å². The summed E-state index contributed by atoms with van der Waals surface area (Å²) in [6.07, 6.45) is 12.2. The van der Waals surface area contributed by atoms with Crippen molar-refractivity contribution in [2.24, 2.45) is 16.8 Å². The van der Waals surface area contributed by atoms with Crippen molar-refractivity contribution in [3.05, 3.63) is 161 Å². The zero-order chi connectivity index (χ0) is 86.0. The predicted molar refractivity (Wildman–Crippen MR) is 462 cm³/mol. The summed E-state index contributed by atoms with van der Waals surface area (Å²) in [6.45, 7) is 61.0. The van der Waals surface area contributed by atoms with Gasteiger partial charge in [-0.1, -0.05) is 80.4 Å². The van der Waals surface area contributed by atoms with Crippen LogP contribution in [0.3, 0.4) is 0 Å². The van der Waals surface area contributed by atoms with Crippen LogP contribution in [-0.4, -0.2) is 179 Å². The van der Waals surface area contributed by atoms with Crippen molar-refractivity contribution < 1.29 is 106 Å². The summed E-state index contributed by atoms with van der Waals surface area (Å²) in [5.74, 6) is -2.54. The van der Waals surface area contributed by atoms with E-state index >= 15 is 0 Å². The van der Waals surface area contributed by atoms with Gasteiger partial charge in [-0.05, 0) is 262 Å². The Kier molecular flexibility index (Phi) is 40.5. The number of fused-ring (bicyclic) bond motifs is 4. The molecule has 7 fully saturated rings. The number of aliphatic hydroxyl groups excluding tert-OH is 2. The third kappa shape index (κ3) is 26.1. The number of hydrogen-bond donors (Lipinski definition) is 6. The third-order valence-electron chi connectivity index (χ3n) is 22.7. The van der Waals surface area contributed by atoms with E-state index in [9.17, 15) is 30.5 Å². The number of rotatable bonds is 10. The van der Waals surface area contributed by atoms with Crippen LogP contribution in [0.5, 0.6) is 5.88 Å². The molecule has 5 aromatic rings. The van der Waals surface area contributed by atoms with Crippen LogP contribution < -0.4 is 43.3 Å². The Bertz CT molecular complexity index is 4040. The maximum atomic E-state index is 11.5. The maximum absolute atomic E-state index is 11.5. The number of nitrogens with one attached hydrogen (secondary N) is 1. The number of H-pyrrole nitrogens is 1.